The molecule has 0 fully saturated rings. The van der Waals surface area contributed by atoms with Crippen LogP contribution in [0.25, 0.3) is 57.2 Å². The van der Waals surface area contributed by atoms with E-state index in [-0.39, 0.29) is 0 Å². The lowest BCUT2D eigenvalue weighted by molar-refractivity contribution is 0.150. The Morgan fingerprint density at radius 1 is 0.510 bits per heavy atom. The first-order valence-corrected chi connectivity index (χ1v) is 19.3. The van der Waals surface area contributed by atoms with E-state index in [4.69, 9.17) is 18.8 Å². The quantitative estimate of drug-likeness (QED) is 0.173. The lowest BCUT2D eigenvalue weighted by atomic mass is 10.0. The molecule has 0 saturated heterocycles. The molecule has 6 aromatic rings. The second-order valence-corrected chi connectivity index (χ2v) is 15.8. The predicted molar refractivity (Wildman–Crippen MR) is 210 cm³/mol. The van der Waals surface area contributed by atoms with Crippen LogP contribution in [0, 0.1) is 0 Å². The van der Waals surface area contributed by atoms with E-state index < -0.39 is 8.88 Å². The second-order valence-electron chi connectivity index (χ2n) is 13.2. The molecule has 10 rings (SSSR count). The van der Waals surface area contributed by atoms with Gasteiger partial charge in [-0.15, -0.1) is 0 Å². The van der Waals surface area contributed by atoms with E-state index in [1.165, 1.54) is 0 Å². The van der Waals surface area contributed by atoms with Crippen molar-refractivity contribution in [3.63, 3.8) is 0 Å². The van der Waals surface area contributed by atoms with Gasteiger partial charge in [0.1, 0.15) is 0 Å². The van der Waals surface area contributed by atoms with Gasteiger partial charge < -0.3 is 28.0 Å². The zero-order chi connectivity index (χ0) is 34.1. The highest BCUT2D eigenvalue weighted by Gasteiger charge is 2.51. The molecule has 0 saturated carbocycles. The lowest BCUT2D eigenvalue weighted by Gasteiger charge is -2.35. The molecule has 6 bridgehead atoms. The van der Waals surface area contributed by atoms with Gasteiger partial charge in [-0.25, -0.2) is 9.98 Å². The van der Waals surface area contributed by atoms with Crippen molar-refractivity contribution in [2.45, 2.75) is 0 Å². The second kappa shape index (κ2) is 11.8. The molecule has 0 radical (unpaired) electrons. The van der Waals surface area contributed by atoms with Gasteiger partial charge in [-0.1, -0.05) is 97.1 Å². The van der Waals surface area contributed by atoms with Gasteiger partial charge in [0.05, 0.1) is 36.0 Å². The minimum atomic E-state index is -3.79. The standard InChI is InChI=1S/C42H36N6O2Si/c1-43-19-21-49-51(50-22-20-44-2)47-39-23-35-27-11-3-4-12-28(27)36(45-35)24-40-33-17-9-10-18-34(33)42(48(40)51)26-38-30-14-6-5-13-29(30)37(46-38)25-41(47)32-16-8-7-15-31(32)39/h3-18,23-26,43-44H,19-22H2,1-2H3. The van der Waals surface area contributed by atoms with Crippen molar-refractivity contribution in [1.82, 2.24) is 19.1 Å². The van der Waals surface area contributed by atoms with Crippen LogP contribution >= 0.6 is 0 Å². The fourth-order valence-corrected chi connectivity index (χ4v) is 11.6. The molecular weight excluding hydrogens is 649 g/mol. The molecule has 9 heteroatoms. The SMILES string of the molecule is CNCCO[Si]1(OCCNC)n2c3c4ccccc4c2C=C2N=C(C=c4c5ccccc5c(n41)=CC1=NC(=C3)c3ccccc31)c1ccccc12. The predicted octanol–water partition coefficient (Wildman–Crippen LogP) is 5.09. The molecule has 4 aromatic carbocycles. The number of aliphatic imine (C=N–C) groups is 2. The number of fused-ring (bicyclic) bond motifs is 14. The van der Waals surface area contributed by atoms with Crippen LogP contribution in [0.15, 0.2) is 107 Å². The molecule has 0 unspecified atom stereocenters. The minimum Gasteiger partial charge on any atom is -0.360 e. The average molecular weight is 685 g/mol. The van der Waals surface area contributed by atoms with Crippen molar-refractivity contribution < 1.29 is 8.85 Å². The molecule has 6 heterocycles. The van der Waals surface area contributed by atoms with Gasteiger partial charge in [-0.05, 0) is 38.4 Å². The van der Waals surface area contributed by atoms with E-state index in [1.807, 2.05) is 14.1 Å². The molecule has 0 atom stereocenters. The molecule has 0 aliphatic carbocycles. The van der Waals surface area contributed by atoms with Crippen LogP contribution < -0.4 is 21.3 Å². The van der Waals surface area contributed by atoms with Crippen LogP contribution in [0.1, 0.15) is 33.6 Å². The smallest absolute Gasteiger partial charge is 0.360 e. The maximum atomic E-state index is 7.47. The zero-order valence-electron chi connectivity index (χ0n) is 28.5. The van der Waals surface area contributed by atoms with E-state index in [9.17, 15) is 0 Å². The zero-order valence-corrected chi connectivity index (χ0v) is 29.5. The average Bonchev–Trinajstić information content (AvgIpc) is 3.88. The van der Waals surface area contributed by atoms with Crippen LogP contribution in [0.3, 0.4) is 0 Å². The number of hydrogen-bond acceptors (Lipinski definition) is 6. The van der Waals surface area contributed by atoms with Gasteiger partial charge >= 0.3 is 8.88 Å². The molecule has 2 N–H and O–H groups in total. The Kier molecular flexibility index (Phi) is 7.05. The number of hydrogen-bond donors (Lipinski definition) is 2. The maximum absolute atomic E-state index is 7.47. The first-order chi connectivity index (χ1) is 25.2. The van der Waals surface area contributed by atoms with Crippen molar-refractivity contribution in [3.05, 3.63) is 141 Å². The summed E-state index contributed by atoms with van der Waals surface area (Å²) in [5, 5.41) is 13.1. The number of nitrogens with one attached hydrogen (secondary N) is 2. The number of rotatable bonds is 8. The highest BCUT2D eigenvalue weighted by atomic mass is 28.4. The summed E-state index contributed by atoms with van der Waals surface area (Å²) in [6.07, 6.45) is 8.98. The Morgan fingerprint density at radius 2 is 0.922 bits per heavy atom. The van der Waals surface area contributed by atoms with Gasteiger partial charge in [-0.2, -0.15) is 0 Å². The molecule has 2 aromatic heterocycles. The fraction of sp³-hybridized carbons (Fsp3) is 0.143. The van der Waals surface area contributed by atoms with Crippen LogP contribution in [-0.4, -0.2) is 69.2 Å². The third-order valence-electron chi connectivity index (χ3n) is 10.3. The molecule has 4 aliphatic rings. The summed E-state index contributed by atoms with van der Waals surface area (Å²) in [5.74, 6) is 0. The topological polar surface area (TPSA) is 77.1 Å². The Balaban J connectivity index is 1.50. The third kappa shape index (κ3) is 4.46. The van der Waals surface area contributed by atoms with Crippen molar-refractivity contribution in [2.75, 3.05) is 40.4 Å². The van der Waals surface area contributed by atoms with Crippen LogP contribution in [-0.2, 0) is 8.85 Å². The van der Waals surface area contributed by atoms with Gasteiger partial charge in [0, 0.05) is 79.0 Å². The summed E-state index contributed by atoms with van der Waals surface area (Å²) < 4.78 is 19.7. The Labute approximate surface area is 296 Å². The van der Waals surface area contributed by atoms with Crippen LogP contribution in [0.5, 0.6) is 0 Å². The molecule has 51 heavy (non-hydrogen) atoms. The molecule has 0 spiro atoms. The Morgan fingerprint density at radius 3 is 1.37 bits per heavy atom. The largest absolute Gasteiger partial charge is 0.598 e. The van der Waals surface area contributed by atoms with E-state index in [0.29, 0.717) is 26.3 Å². The third-order valence-corrected chi connectivity index (χ3v) is 13.6. The lowest BCUT2D eigenvalue weighted by Crippen LogP contribution is -2.65. The molecule has 4 aliphatic heterocycles. The Bertz CT molecular complexity index is 2520. The summed E-state index contributed by atoms with van der Waals surface area (Å²) in [6.45, 7) is 2.21. The molecule has 250 valence electrons. The Hall–Kier alpha value is -5.42. The number of likely N-dealkylation sites (N-methyl/N-ethyl adjacent to an activating group) is 2. The van der Waals surface area contributed by atoms with Crippen LogP contribution in [0.2, 0.25) is 0 Å². The minimum absolute atomic E-state index is 0.443. The van der Waals surface area contributed by atoms with Gasteiger partial charge in [-0.3, -0.25) is 0 Å². The monoisotopic (exact) mass is 684 g/mol. The fourth-order valence-electron chi connectivity index (χ4n) is 8.07. The maximum Gasteiger partial charge on any atom is 0.598 e. The highest BCUT2D eigenvalue weighted by Crippen LogP contribution is 2.40. The highest BCUT2D eigenvalue weighted by molar-refractivity contribution is 6.65. The number of nitrogens with zero attached hydrogens (tertiary/aromatic N) is 4. The first-order valence-electron chi connectivity index (χ1n) is 17.5. The summed E-state index contributed by atoms with van der Waals surface area (Å²) in [6, 6.07) is 34.4. The molecule has 8 nitrogen and oxygen atoms in total. The normalized spacial score (nSPS) is 16.0. The molecular formula is C42H36N6O2Si. The first kappa shape index (κ1) is 30.4. The van der Waals surface area contributed by atoms with Crippen molar-refractivity contribution >= 4 is 77.6 Å². The van der Waals surface area contributed by atoms with E-state index >= 15 is 0 Å². The summed E-state index contributed by atoms with van der Waals surface area (Å²) in [4.78, 5) is 10.7. The van der Waals surface area contributed by atoms with Crippen LogP contribution in [0.4, 0.5) is 0 Å². The summed E-state index contributed by atoms with van der Waals surface area (Å²) in [7, 11) is 0.130. The summed E-state index contributed by atoms with van der Waals surface area (Å²) >= 11 is 0. The van der Waals surface area contributed by atoms with Crippen molar-refractivity contribution in [2.24, 2.45) is 9.98 Å². The van der Waals surface area contributed by atoms with Gasteiger partial charge in [0.2, 0.25) is 0 Å². The number of aromatic nitrogens is 2. The van der Waals surface area contributed by atoms with E-state index in [0.717, 1.165) is 88.7 Å². The molecule has 0 amide bonds. The van der Waals surface area contributed by atoms with Gasteiger partial charge in [0.15, 0.2) is 0 Å². The van der Waals surface area contributed by atoms with E-state index in [2.05, 4.69) is 140 Å². The van der Waals surface area contributed by atoms with E-state index in [1.54, 1.807) is 0 Å². The van der Waals surface area contributed by atoms with Gasteiger partial charge in [0.25, 0.3) is 0 Å². The number of benzene rings is 4. The summed E-state index contributed by atoms with van der Waals surface area (Å²) in [5.41, 5.74) is 10.1. The van der Waals surface area contributed by atoms with Crippen molar-refractivity contribution in [3.8, 4) is 0 Å². The van der Waals surface area contributed by atoms with Crippen molar-refractivity contribution in [1.29, 1.82) is 0 Å².